The SMILES string of the molecule is NC1Cc2ccccc2N(C(=O)NC2CCOC2)C1. The Morgan fingerprint density at radius 2 is 2.26 bits per heavy atom. The molecule has 2 aliphatic rings. The smallest absolute Gasteiger partial charge is 0.322 e. The highest BCUT2D eigenvalue weighted by Crippen LogP contribution is 2.26. The fourth-order valence-electron chi connectivity index (χ4n) is 2.72. The minimum absolute atomic E-state index is 0.000443. The first kappa shape index (κ1) is 12.4. The van der Waals surface area contributed by atoms with Crippen molar-refractivity contribution < 1.29 is 9.53 Å². The minimum Gasteiger partial charge on any atom is -0.379 e. The summed E-state index contributed by atoms with van der Waals surface area (Å²) in [6.07, 6.45) is 1.71. The predicted molar refractivity (Wildman–Crippen MR) is 73.2 cm³/mol. The summed E-state index contributed by atoms with van der Waals surface area (Å²) < 4.78 is 5.28. The van der Waals surface area contributed by atoms with Crippen molar-refractivity contribution in [2.75, 3.05) is 24.7 Å². The van der Waals surface area contributed by atoms with Crippen LogP contribution in [0, 0.1) is 0 Å². The number of anilines is 1. The second-order valence-corrected chi connectivity index (χ2v) is 5.21. The lowest BCUT2D eigenvalue weighted by Crippen LogP contribution is -2.52. The molecule has 5 heteroatoms. The van der Waals surface area contributed by atoms with E-state index in [9.17, 15) is 4.79 Å². The Bertz CT molecular complexity index is 472. The average molecular weight is 261 g/mol. The van der Waals surface area contributed by atoms with Crippen molar-refractivity contribution >= 4 is 11.7 Å². The van der Waals surface area contributed by atoms with Gasteiger partial charge in [0.2, 0.25) is 0 Å². The number of fused-ring (bicyclic) bond motifs is 1. The highest BCUT2D eigenvalue weighted by atomic mass is 16.5. The van der Waals surface area contributed by atoms with Crippen LogP contribution in [0.2, 0.25) is 0 Å². The van der Waals surface area contributed by atoms with E-state index in [-0.39, 0.29) is 18.1 Å². The Morgan fingerprint density at radius 1 is 1.42 bits per heavy atom. The molecule has 3 rings (SSSR count). The predicted octanol–water partition coefficient (Wildman–Crippen LogP) is 0.875. The summed E-state index contributed by atoms with van der Waals surface area (Å²) in [5.41, 5.74) is 8.15. The van der Waals surface area contributed by atoms with Crippen LogP contribution in [0.3, 0.4) is 0 Å². The maximum Gasteiger partial charge on any atom is 0.322 e. The number of nitrogens with two attached hydrogens (primary N) is 1. The third kappa shape index (κ3) is 2.57. The molecule has 2 heterocycles. The number of rotatable bonds is 1. The molecule has 3 N–H and O–H groups in total. The number of urea groups is 1. The van der Waals surface area contributed by atoms with E-state index >= 15 is 0 Å². The number of hydrogen-bond donors (Lipinski definition) is 2. The van der Waals surface area contributed by atoms with Gasteiger partial charge in [0.05, 0.1) is 12.6 Å². The van der Waals surface area contributed by atoms with Crippen LogP contribution in [-0.4, -0.2) is 37.9 Å². The van der Waals surface area contributed by atoms with Crippen LogP contribution in [0.5, 0.6) is 0 Å². The minimum atomic E-state index is -0.0712. The number of nitrogens with zero attached hydrogens (tertiary/aromatic N) is 1. The Hall–Kier alpha value is -1.59. The number of benzene rings is 1. The van der Waals surface area contributed by atoms with E-state index in [4.69, 9.17) is 10.5 Å². The summed E-state index contributed by atoms with van der Waals surface area (Å²) in [7, 11) is 0. The molecule has 1 fully saturated rings. The van der Waals surface area contributed by atoms with Crippen LogP contribution >= 0.6 is 0 Å². The molecule has 1 aromatic carbocycles. The number of carbonyl (C=O) groups is 1. The molecule has 2 amide bonds. The van der Waals surface area contributed by atoms with E-state index in [2.05, 4.69) is 5.32 Å². The molecular weight excluding hydrogens is 242 g/mol. The molecule has 0 aliphatic carbocycles. The number of hydrogen-bond acceptors (Lipinski definition) is 3. The van der Waals surface area contributed by atoms with Crippen LogP contribution in [0.25, 0.3) is 0 Å². The molecule has 19 heavy (non-hydrogen) atoms. The molecule has 0 spiro atoms. The van der Waals surface area contributed by atoms with Gasteiger partial charge in [-0.3, -0.25) is 4.90 Å². The summed E-state index contributed by atoms with van der Waals surface area (Å²) in [4.78, 5) is 14.1. The van der Waals surface area contributed by atoms with Gasteiger partial charge in [-0.25, -0.2) is 4.79 Å². The molecule has 102 valence electrons. The van der Waals surface area contributed by atoms with Crippen molar-refractivity contribution in [1.29, 1.82) is 0 Å². The summed E-state index contributed by atoms with van der Waals surface area (Å²) in [5.74, 6) is 0. The lowest BCUT2D eigenvalue weighted by molar-refractivity contribution is 0.189. The van der Waals surface area contributed by atoms with E-state index in [0.29, 0.717) is 13.2 Å². The zero-order chi connectivity index (χ0) is 13.2. The van der Waals surface area contributed by atoms with Crippen LogP contribution in [0.15, 0.2) is 24.3 Å². The first-order valence-corrected chi connectivity index (χ1v) is 6.73. The van der Waals surface area contributed by atoms with E-state index in [1.165, 1.54) is 0 Å². The first-order chi connectivity index (χ1) is 9.24. The molecule has 1 saturated heterocycles. The summed E-state index contributed by atoms with van der Waals surface area (Å²) in [5, 5.41) is 3.02. The van der Waals surface area contributed by atoms with Crippen molar-refractivity contribution in [3.05, 3.63) is 29.8 Å². The second-order valence-electron chi connectivity index (χ2n) is 5.21. The third-order valence-corrected chi connectivity index (χ3v) is 3.68. The lowest BCUT2D eigenvalue weighted by atomic mass is 9.99. The number of amides is 2. The normalized spacial score (nSPS) is 26.1. The van der Waals surface area contributed by atoms with Gasteiger partial charge in [0.15, 0.2) is 0 Å². The highest BCUT2D eigenvalue weighted by Gasteiger charge is 2.28. The van der Waals surface area contributed by atoms with Gasteiger partial charge in [0.25, 0.3) is 0 Å². The first-order valence-electron chi connectivity index (χ1n) is 6.73. The molecule has 5 nitrogen and oxygen atoms in total. The van der Waals surface area contributed by atoms with Gasteiger partial charge in [0.1, 0.15) is 0 Å². The Balaban J connectivity index is 1.78. The monoisotopic (exact) mass is 261 g/mol. The zero-order valence-electron chi connectivity index (χ0n) is 10.8. The maximum atomic E-state index is 12.4. The quantitative estimate of drug-likeness (QED) is 0.788. The molecule has 2 atom stereocenters. The van der Waals surface area contributed by atoms with Crippen molar-refractivity contribution in [2.45, 2.75) is 24.9 Å². The van der Waals surface area contributed by atoms with E-state index in [1.54, 1.807) is 4.90 Å². The number of ether oxygens (including phenoxy) is 1. The fourth-order valence-corrected chi connectivity index (χ4v) is 2.72. The fraction of sp³-hybridized carbons (Fsp3) is 0.500. The molecule has 0 bridgehead atoms. The van der Waals surface area contributed by atoms with Gasteiger partial charge in [0, 0.05) is 24.9 Å². The van der Waals surface area contributed by atoms with E-state index < -0.39 is 0 Å². The molecule has 0 aromatic heterocycles. The lowest BCUT2D eigenvalue weighted by Gasteiger charge is -2.33. The third-order valence-electron chi connectivity index (χ3n) is 3.68. The Morgan fingerprint density at radius 3 is 3.05 bits per heavy atom. The van der Waals surface area contributed by atoms with Crippen LogP contribution in [-0.2, 0) is 11.2 Å². The summed E-state index contributed by atoms with van der Waals surface area (Å²) in [6, 6.07) is 8.00. The van der Waals surface area contributed by atoms with Gasteiger partial charge < -0.3 is 15.8 Å². The largest absolute Gasteiger partial charge is 0.379 e. The van der Waals surface area contributed by atoms with Crippen molar-refractivity contribution in [3.63, 3.8) is 0 Å². The molecular formula is C14H19N3O2. The number of para-hydroxylation sites is 1. The van der Waals surface area contributed by atoms with Gasteiger partial charge >= 0.3 is 6.03 Å². The Labute approximate surface area is 112 Å². The van der Waals surface area contributed by atoms with Gasteiger partial charge in [-0.15, -0.1) is 0 Å². The van der Waals surface area contributed by atoms with Gasteiger partial charge in [-0.1, -0.05) is 18.2 Å². The van der Waals surface area contributed by atoms with Gasteiger partial charge in [-0.2, -0.15) is 0 Å². The molecule has 1 aromatic rings. The molecule has 0 radical (unpaired) electrons. The standard InChI is InChI=1S/C14H19N3O2/c15-11-7-10-3-1-2-4-13(10)17(8-11)14(18)16-12-5-6-19-9-12/h1-4,11-12H,5-9,15H2,(H,16,18). The average Bonchev–Trinajstić information content (AvgIpc) is 2.90. The van der Waals surface area contributed by atoms with Crippen LogP contribution < -0.4 is 16.0 Å². The summed E-state index contributed by atoms with van der Waals surface area (Å²) in [6.45, 7) is 1.89. The van der Waals surface area contributed by atoms with E-state index in [1.807, 2.05) is 24.3 Å². The van der Waals surface area contributed by atoms with Crippen LogP contribution in [0.1, 0.15) is 12.0 Å². The number of carbonyl (C=O) groups excluding carboxylic acids is 1. The van der Waals surface area contributed by atoms with Crippen LogP contribution in [0.4, 0.5) is 10.5 Å². The van der Waals surface area contributed by atoms with Gasteiger partial charge in [-0.05, 0) is 24.5 Å². The van der Waals surface area contributed by atoms with E-state index in [0.717, 1.165) is 30.7 Å². The number of nitrogens with one attached hydrogen (secondary N) is 1. The summed E-state index contributed by atoms with van der Waals surface area (Å²) >= 11 is 0. The zero-order valence-corrected chi connectivity index (χ0v) is 10.8. The molecule has 2 aliphatic heterocycles. The van der Waals surface area contributed by atoms with Crippen molar-refractivity contribution in [1.82, 2.24) is 5.32 Å². The maximum absolute atomic E-state index is 12.4. The van der Waals surface area contributed by atoms with Crippen molar-refractivity contribution in [3.8, 4) is 0 Å². The molecule has 0 saturated carbocycles. The van der Waals surface area contributed by atoms with Crippen molar-refractivity contribution in [2.24, 2.45) is 5.73 Å². The topological polar surface area (TPSA) is 67.6 Å². The Kier molecular flexibility index (Phi) is 3.40. The second kappa shape index (κ2) is 5.19. The highest BCUT2D eigenvalue weighted by molar-refractivity contribution is 5.93. The molecule has 2 unspecified atom stereocenters.